The van der Waals surface area contributed by atoms with Gasteiger partial charge in [-0.25, -0.2) is 17.9 Å². The van der Waals surface area contributed by atoms with Crippen molar-refractivity contribution in [2.24, 2.45) is 5.92 Å². The third-order valence-electron chi connectivity index (χ3n) is 5.07. The molecule has 1 amide bonds. The molecule has 0 radical (unpaired) electrons. The number of aliphatic hydroxyl groups is 2. The van der Waals surface area contributed by atoms with Crippen LogP contribution in [0.25, 0.3) is 0 Å². The molecular weight excluding hydrogens is 400 g/mol. The Kier molecular flexibility index (Phi) is 11.4. The standard InChI is InChI=1S/C19H34N2O7S/c1-2-3-11-20-29(27,28)13-16(22)19(26)15(12-14-7-5-4-6-8-14)21-17(23)9-10-18(24)25/h9-10,14-16,19-20,22,26H,2-8,11-13H2,1H3,(H,21,23)(H,24,25)/t15-,16+,19+/m0/s1. The van der Waals surface area contributed by atoms with Crippen molar-refractivity contribution in [3.63, 3.8) is 0 Å². The number of carboxylic acids is 1. The highest BCUT2D eigenvalue weighted by molar-refractivity contribution is 7.89. The van der Waals surface area contributed by atoms with Gasteiger partial charge in [-0.1, -0.05) is 45.4 Å². The summed E-state index contributed by atoms with van der Waals surface area (Å²) in [5.74, 6) is -2.45. The van der Waals surface area contributed by atoms with E-state index >= 15 is 0 Å². The molecule has 10 heteroatoms. The predicted octanol–water partition coefficient (Wildman–Crippen LogP) is 0.524. The van der Waals surface area contributed by atoms with E-state index in [1.54, 1.807) is 0 Å². The minimum atomic E-state index is -3.78. The van der Waals surface area contributed by atoms with Gasteiger partial charge in [0.1, 0.15) is 6.10 Å². The summed E-state index contributed by atoms with van der Waals surface area (Å²) in [4.78, 5) is 22.6. The Morgan fingerprint density at radius 3 is 2.38 bits per heavy atom. The number of hydrogen-bond donors (Lipinski definition) is 5. The van der Waals surface area contributed by atoms with E-state index in [0.29, 0.717) is 18.9 Å². The minimum Gasteiger partial charge on any atom is -0.478 e. The van der Waals surface area contributed by atoms with Crippen LogP contribution in [0.5, 0.6) is 0 Å². The quantitative estimate of drug-likeness (QED) is 0.209. The van der Waals surface area contributed by atoms with Crippen LogP contribution in [0.3, 0.4) is 0 Å². The molecule has 0 aromatic heterocycles. The van der Waals surface area contributed by atoms with Gasteiger partial charge in [0.25, 0.3) is 0 Å². The Labute approximate surface area is 172 Å². The summed E-state index contributed by atoms with van der Waals surface area (Å²) < 4.78 is 26.5. The van der Waals surface area contributed by atoms with E-state index in [1.165, 1.54) is 0 Å². The predicted molar refractivity (Wildman–Crippen MR) is 109 cm³/mol. The molecule has 3 atom stereocenters. The zero-order valence-electron chi connectivity index (χ0n) is 16.9. The molecule has 168 valence electrons. The van der Waals surface area contributed by atoms with Gasteiger partial charge in [-0.3, -0.25) is 4.79 Å². The zero-order chi connectivity index (χ0) is 21.9. The molecule has 1 fully saturated rings. The molecule has 9 nitrogen and oxygen atoms in total. The lowest BCUT2D eigenvalue weighted by Crippen LogP contribution is -2.51. The number of unbranched alkanes of at least 4 members (excludes halogenated alkanes) is 1. The maximum absolute atomic E-state index is 12.1. The first kappa shape index (κ1) is 25.5. The number of carbonyl (C=O) groups excluding carboxylic acids is 1. The molecule has 1 aliphatic carbocycles. The first-order valence-electron chi connectivity index (χ1n) is 10.2. The summed E-state index contributed by atoms with van der Waals surface area (Å²) in [5.41, 5.74) is 0. The number of amides is 1. The highest BCUT2D eigenvalue weighted by Crippen LogP contribution is 2.28. The summed E-state index contributed by atoms with van der Waals surface area (Å²) in [6.07, 6.45) is 5.34. The first-order valence-corrected chi connectivity index (χ1v) is 11.8. The molecule has 5 N–H and O–H groups in total. The van der Waals surface area contributed by atoms with Crippen molar-refractivity contribution in [2.75, 3.05) is 12.3 Å². The van der Waals surface area contributed by atoms with Crippen molar-refractivity contribution in [3.05, 3.63) is 12.2 Å². The van der Waals surface area contributed by atoms with Crippen LogP contribution < -0.4 is 10.0 Å². The van der Waals surface area contributed by atoms with Crippen molar-refractivity contribution in [2.45, 2.75) is 76.5 Å². The van der Waals surface area contributed by atoms with Crippen LogP contribution in [-0.4, -0.2) is 66.2 Å². The van der Waals surface area contributed by atoms with Gasteiger partial charge in [0.15, 0.2) is 0 Å². The smallest absolute Gasteiger partial charge is 0.328 e. The van der Waals surface area contributed by atoms with Crippen molar-refractivity contribution >= 4 is 21.9 Å². The van der Waals surface area contributed by atoms with Crippen LogP contribution >= 0.6 is 0 Å². The third kappa shape index (κ3) is 10.7. The van der Waals surface area contributed by atoms with E-state index in [-0.39, 0.29) is 12.5 Å². The lowest BCUT2D eigenvalue weighted by Gasteiger charge is -2.32. The van der Waals surface area contributed by atoms with Gasteiger partial charge in [0, 0.05) is 18.7 Å². The molecule has 0 aliphatic heterocycles. The average Bonchev–Trinajstić information content (AvgIpc) is 2.65. The number of hydrogen-bond acceptors (Lipinski definition) is 6. The Balaban J connectivity index is 2.79. The van der Waals surface area contributed by atoms with Crippen LogP contribution in [0.1, 0.15) is 58.3 Å². The van der Waals surface area contributed by atoms with Crippen LogP contribution in [0.4, 0.5) is 0 Å². The minimum absolute atomic E-state index is 0.235. The van der Waals surface area contributed by atoms with Gasteiger partial charge in [-0.2, -0.15) is 0 Å². The van der Waals surface area contributed by atoms with Gasteiger partial charge in [-0.15, -0.1) is 0 Å². The van der Waals surface area contributed by atoms with Crippen LogP contribution in [0.2, 0.25) is 0 Å². The summed E-state index contributed by atoms with van der Waals surface area (Å²) >= 11 is 0. The van der Waals surface area contributed by atoms with Crippen LogP contribution in [0.15, 0.2) is 12.2 Å². The van der Waals surface area contributed by atoms with E-state index in [4.69, 9.17) is 5.11 Å². The van der Waals surface area contributed by atoms with Gasteiger partial charge in [-0.05, 0) is 18.8 Å². The van der Waals surface area contributed by atoms with E-state index < -0.39 is 45.9 Å². The lowest BCUT2D eigenvalue weighted by molar-refractivity contribution is -0.131. The Hall–Kier alpha value is -1.49. The molecule has 1 saturated carbocycles. The fraction of sp³-hybridized carbons (Fsp3) is 0.789. The normalized spacial score (nSPS) is 19.0. The molecule has 29 heavy (non-hydrogen) atoms. The maximum atomic E-state index is 12.1. The van der Waals surface area contributed by atoms with Crippen molar-refractivity contribution < 1.29 is 33.3 Å². The van der Waals surface area contributed by atoms with Crippen molar-refractivity contribution in [1.82, 2.24) is 10.0 Å². The highest BCUT2D eigenvalue weighted by atomic mass is 32.2. The lowest BCUT2D eigenvalue weighted by atomic mass is 9.83. The first-order chi connectivity index (χ1) is 13.6. The van der Waals surface area contributed by atoms with Gasteiger partial charge in [0.05, 0.1) is 17.9 Å². The number of aliphatic hydroxyl groups excluding tert-OH is 2. The number of sulfonamides is 1. The second-order valence-corrected chi connectivity index (χ2v) is 9.47. The highest BCUT2D eigenvalue weighted by Gasteiger charge is 2.32. The number of carboxylic acid groups (broad SMARTS) is 1. The molecule has 0 heterocycles. The second-order valence-electron chi connectivity index (χ2n) is 7.61. The SMILES string of the molecule is CCCCNS(=O)(=O)C[C@@H](O)[C@H](O)[C@H](CC1CCCCC1)NC(=O)C=CC(=O)O. The van der Waals surface area contributed by atoms with Gasteiger partial charge >= 0.3 is 5.97 Å². The topological polar surface area (TPSA) is 153 Å². The van der Waals surface area contributed by atoms with E-state index in [2.05, 4.69) is 10.0 Å². The molecular formula is C19H34N2O7S. The van der Waals surface area contributed by atoms with E-state index in [1.807, 2.05) is 6.92 Å². The number of aliphatic carboxylic acids is 1. The van der Waals surface area contributed by atoms with Gasteiger partial charge in [0.2, 0.25) is 15.9 Å². The maximum Gasteiger partial charge on any atom is 0.328 e. The Morgan fingerprint density at radius 1 is 1.14 bits per heavy atom. The van der Waals surface area contributed by atoms with Crippen LogP contribution in [-0.2, 0) is 19.6 Å². The monoisotopic (exact) mass is 434 g/mol. The number of nitrogens with one attached hydrogen (secondary N) is 2. The molecule has 0 bridgehead atoms. The molecule has 1 aliphatic rings. The number of carbonyl (C=O) groups is 2. The fourth-order valence-corrected chi connectivity index (χ4v) is 4.72. The number of rotatable bonds is 13. The molecule has 0 saturated heterocycles. The second kappa shape index (κ2) is 12.9. The summed E-state index contributed by atoms with van der Waals surface area (Å²) in [6, 6.07) is -0.884. The summed E-state index contributed by atoms with van der Waals surface area (Å²) in [7, 11) is -3.78. The van der Waals surface area contributed by atoms with E-state index in [0.717, 1.165) is 44.6 Å². The third-order valence-corrected chi connectivity index (χ3v) is 6.49. The Bertz CT molecular complexity index is 645. The largest absolute Gasteiger partial charge is 0.478 e. The fourth-order valence-electron chi connectivity index (χ4n) is 3.50. The molecule has 0 unspecified atom stereocenters. The molecule has 0 aromatic rings. The van der Waals surface area contributed by atoms with Gasteiger partial charge < -0.3 is 20.6 Å². The average molecular weight is 435 g/mol. The molecule has 0 spiro atoms. The van der Waals surface area contributed by atoms with Crippen LogP contribution in [0, 0.1) is 5.92 Å². The molecule has 0 aromatic carbocycles. The summed E-state index contributed by atoms with van der Waals surface area (Å²) in [6.45, 7) is 2.17. The summed E-state index contributed by atoms with van der Waals surface area (Å²) in [5, 5.41) is 32.0. The van der Waals surface area contributed by atoms with Crippen molar-refractivity contribution in [3.8, 4) is 0 Å². The zero-order valence-corrected chi connectivity index (χ0v) is 17.7. The van der Waals surface area contributed by atoms with Crippen molar-refractivity contribution in [1.29, 1.82) is 0 Å². The molecule has 1 rings (SSSR count). The Morgan fingerprint density at radius 2 is 1.79 bits per heavy atom. The van der Waals surface area contributed by atoms with E-state index in [9.17, 15) is 28.2 Å².